The van der Waals surface area contributed by atoms with Crippen LogP contribution >= 0.6 is 15.9 Å². The number of hydrogen-bond donors (Lipinski definition) is 0. The van der Waals surface area contributed by atoms with Gasteiger partial charge in [-0.1, -0.05) is 18.2 Å². The molecular formula is C12H11BrN2O. The molecule has 0 bridgehead atoms. The molecule has 4 heteroatoms. The van der Waals surface area contributed by atoms with Crippen LogP contribution in [0, 0.1) is 0 Å². The summed E-state index contributed by atoms with van der Waals surface area (Å²) in [5.74, 6) is 0. The summed E-state index contributed by atoms with van der Waals surface area (Å²) >= 11 is 3.54. The third-order valence-electron chi connectivity index (χ3n) is 2.93. The Morgan fingerprint density at radius 1 is 1.38 bits per heavy atom. The Morgan fingerprint density at radius 2 is 2.25 bits per heavy atom. The van der Waals surface area contributed by atoms with Crippen molar-refractivity contribution in [1.82, 2.24) is 9.78 Å². The highest BCUT2D eigenvalue weighted by Gasteiger charge is 2.19. The van der Waals surface area contributed by atoms with E-state index in [1.807, 2.05) is 17.9 Å². The van der Waals surface area contributed by atoms with Crippen molar-refractivity contribution in [3.05, 3.63) is 40.0 Å². The predicted octanol–water partition coefficient (Wildman–Crippen LogP) is 2.88. The smallest absolute Gasteiger partial charge is 0.0824 e. The molecule has 1 aliphatic rings. The first-order chi connectivity index (χ1) is 7.77. The van der Waals surface area contributed by atoms with Crippen LogP contribution in [-0.4, -0.2) is 9.78 Å². The SMILES string of the molecule is Cn1ncc(Br)c1-c1cccc2c1COC2. The summed E-state index contributed by atoms with van der Waals surface area (Å²) in [6.07, 6.45) is 1.82. The van der Waals surface area contributed by atoms with Crippen molar-refractivity contribution in [1.29, 1.82) is 0 Å². The lowest BCUT2D eigenvalue weighted by Gasteiger charge is -2.08. The van der Waals surface area contributed by atoms with E-state index in [-0.39, 0.29) is 0 Å². The minimum absolute atomic E-state index is 0.698. The van der Waals surface area contributed by atoms with Crippen LogP contribution in [0.5, 0.6) is 0 Å². The molecule has 0 N–H and O–H groups in total. The zero-order chi connectivity index (χ0) is 11.1. The van der Waals surface area contributed by atoms with Crippen LogP contribution in [0.4, 0.5) is 0 Å². The molecular weight excluding hydrogens is 268 g/mol. The summed E-state index contributed by atoms with van der Waals surface area (Å²) in [7, 11) is 1.95. The fourth-order valence-corrected chi connectivity index (χ4v) is 2.70. The van der Waals surface area contributed by atoms with Gasteiger partial charge < -0.3 is 4.74 Å². The van der Waals surface area contributed by atoms with Gasteiger partial charge in [-0.05, 0) is 27.1 Å². The number of halogens is 1. The lowest BCUT2D eigenvalue weighted by Crippen LogP contribution is -1.97. The van der Waals surface area contributed by atoms with Crippen LogP contribution in [0.15, 0.2) is 28.9 Å². The van der Waals surface area contributed by atoms with Gasteiger partial charge in [-0.2, -0.15) is 5.10 Å². The normalized spacial score (nSPS) is 14.1. The standard InChI is InChI=1S/C12H11BrN2O/c1-15-12(11(13)5-14-15)9-4-2-3-8-6-16-7-10(8)9/h2-5H,6-7H2,1H3. The lowest BCUT2D eigenvalue weighted by molar-refractivity contribution is 0.134. The van der Waals surface area contributed by atoms with Gasteiger partial charge in [0, 0.05) is 12.6 Å². The fraction of sp³-hybridized carbons (Fsp3) is 0.250. The van der Waals surface area contributed by atoms with Crippen molar-refractivity contribution in [2.24, 2.45) is 7.05 Å². The maximum Gasteiger partial charge on any atom is 0.0824 e. The topological polar surface area (TPSA) is 27.1 Å². The number of aromatic nitrogens is 2. The van der Waals surface area contributed by atoms with Gasteiger partial charge in [0.25, 0.3) is 0 Å². The number of hydrogen-bond acceptors (Lipinski definition) is 2. The van der Waals surface area contributed by atoms with Crippen molar-refractivity contribution in [3.8, 4) is 11.3 Å². The Hall–Kier alpha value is -1.13. The highest BCUT2D eigenvalue weighted by molar-refractivity contribution is 9.10. The minimum Gasteiger partial charge on any atom is -0.372 e. The average molecular weight is 279 g/mol. The van der Waals surface area contributed by atoms with E-state index in [0.717, 1.165) is 16.8 Å². The van der Waals surface area contributed by atoms with E-state index in [1.54, 1.807) is 0 Å². The molecule has 0 fully saturated rings. The summed E-state index contributed by atoms with van der Waals surface area (Å²) in [5.41, 5.74) is 4.89. The zero-order valence-corrected chi connectivity index (χ0v) is 10.5. The van der Waals surface area contributed by atoms with Crippen LogP contribution < -0.4 is 0 Å². The Morgan fingerprint density at radius 3 is 3.00 bits per heavy atom. The van der Waals surface area contributed by atoms with E-state index >= 15 is 0 Å². The number of nitrogens with zero attached hydrogens (tertiary/aromatic N) is 2. The monoisotopic (exact) mass is 278 g/mol. The second-order valence-corrected chi connectivity index (χ2v) is 4.76. The molecule has 0 spiro atoms. The van der Waals surface area contributed by atoms with Crippen LogP contribution in [0.2, 0.25) is 0 Å². The van der Waals surface area contributed by atoms with Gasteiger partial charge in [0.2, 0.25) is 0 Å². The van der Waals surface area contributed by atoms with Crippen LogP contribution in [0.1, 0.15) is 11.1 Å². The molecule has 1 aromatic carbocycles. The number of aryl methyl sites for hydroxylation is 1. The summed E-state index contributed by atoms with van der Waals surface area (Å²) in [6, 6.07) is 6.31. The minimum atomic E-state index is 0.698. The third-order valence-corrected chi connectivity index (χ3v) is 3.51. The maximum absolute atomic E-state index is 5.49. The molecule has 0 amide bonds. The molecule has 0 saturated carbocycles. The van der Waals surface area contributed by atoms with Crippen molar-refractivity contribution >= 4 is 15.9 Å². The van der Waals surface area contributed by atoms with E-state index in [4.69, 9.17) is 4.74 Å². The summed E-state index contributed by atoms with van der Waals surface area (Å²) in [6.45, 7) is 1.42. The Bertz CT molecular complexity index is 528. The molecule has 3 rings (SSSR count). The molecule has 0 radical (unpaired) electrons. The molecule has 2 heterocycles. The molecule has 0 atom stereocenters. The van der Waals surface area contributed by atoms with Gasteiger partial charge >= 0.3 is 0 Å². The first kappa shape index (κ1) is 10.1. The predicted molar refractivity (Wildman–Crippen MR) is 64.8 cm³/mol. The van der Waals surface area contributed by atoms with Gasteiger partial charge in [-0.3, -0.25) is 4.68 Å². The van der Waals surface area contributed by atoms with Gasteiger partial charge in [0.1, 0.15) is 0 Å². The zero-order valence-electron chi connectivity index (χ0n) is 8.90. The molecule has 2 aromatic rings. The molecule has 1 aromatic heterocycles. The molecule has 1 aliphatic heterocycles. The Kier molecular flexibility index (Phi) is 2.33. The van der Waals surface area contributed by atoms with Crippen molar-refractivity contribution in [2.75, 3.05) is 0 Å². The summed E-state index contributed by atoms with van der Waals surface area (Å²) in [5, 5.41) is 4.25. The van der Waals surface area contributed by atoms with E-state index in [9.17, 15) is 0 Å². The second kappa shape index (κ2) is 3.71. The molecule has 82 valence electrons. The highest BCUT2D eigenvalue weighted by atomic mass is 79.9. The third kappa shape index (κ3) is 1.41. The van der Waals surface area contributed by atoms with Gasteiger partial charge in [0.05, 0.1) is 29.6 Å². The van der Waals surface area contributed by atoms with Gasteiger partial charge in [0.15, 0.2) is 0 Å². The molecule has 0 unspecified atom stereocenters. The average Bonchev–Trinajstić information content (AvgIpc) is 2.86. The van der Waals surface area contributed by atoms with Crippen LogP contribution in [-0.2, 0) is 25.0 Å². The Balaban J connectivity index is 2.25. The van der Waals surface area contributed by atoms with E-state index in [1.165, 1.54) is 16.7 Å². The lowest BCUT2D eigenvalue weighted by atomic mass is 10.0. The molecule has 0 aliphatic carbocycles. The maximum atomic E-state index is 5.49. The van der Waals surface area contributed by atoms with E-state index in [0.29, 0.717) is 6.61 Å². The van der Waals surface area contributed by atoms with Crippen molar-refractivity contribution in [2.45, 2.75) is 13.2 Å². The van der Waals surface area contributed by atoms with Crippen LogP contribution in [0.3, 0.4) is 0 Å². The number of benzene rings is 1. The first-order valence-electron chi connectivity index (χ1n) is 5.14. The number of rotatable bonds is 1. The summed E-state index contributed by atoms with van der Waals surface area (Å²) in [4.78, 5) is 0. The quantitative estimate of drug-likeness (QED) is 0.802. The van der Waals surface area contributed by atoms with Gasteiger partial charge in [-0.15, -0.1) is 0 Å². The molecule has 3 nitrogen and oxygen atoms in total. The van der Waals surface area contributed by atoms with E-state index in [2.05, 4.69) is 39.2 Å². The Labute approximate surface area is 102 Å². The fourth-order valence-electron chi connectivity index (χ4n) is 2.14. The van der Waals surface area contributed by atoms with Crippen LogP contribution in [0.25, 0.3) is 11.3 Å². The highest BCUT2D eigenvalue weighted by Crippen LogP contribution is 2.34. The molecule has 0 saturated heterocycles. The second-order valence-electron chi connectivity index (χ2n) is 3.90. The summed E-state index contributed by atoms with van der Waals surface area (Å²) < 4.78 is 8.40. The van der Waals surface area contributed by atoms with Crippen molar-refractivity contribution < 1.29 is 4.74 Å². The number of ether oxygens (including phenoxy) is 1. The van der Waals surface area contributed by atoms with E-state index < -0.39 is 0 Å². The van der Waals surface area contributed by atoms with Crippen molar-refractivity contribution in [3.63, 3.8) is 0 Å². The number of fused-ring (bicyclic) bond motifs is 1. The van der Waals surface area contributed by atoms with Gasteiger partial charge in [-0.25, -0.2) is 0 Å². The largest absolute Gasteiger partial charge is 0.372 e. The first-order valence-corrected chi connectivity index (χ1v) is 5.93. The molecule has 16 heavy (non-hydrogen) atoms.